The maximum Gasteiger partial charge on any atom is 0.0610 e. The van der Waals surface area contributed by atoms with Gasteiger partial charge in [0, 0.05) is 11.9 Å². The van der Waals surface area contributed by atoms with Crippen molar-refractivity contribution in [3.63, 3.8) is 0 Å². The topological polar surface area (TPSA) is 12.9 Å². The van der Waals surface area contributed by atoms with Crippen molar-refractivity contribution in [1.82, 2.24) is 4.98 Å². The van der Waals surface area contributed by atoms with Gasteiger partial charge in [0.25, 0.3) is 0 Å². The molecule has 0 saturated carbocycles. The fraction of sp³-hybridized carbons (Fsp3) is 0.300. The van der Waals surface area contributed by atoms with E-state index in [-0.39, 0.29) is 0 Å². The highest BCUT2D eigenvalue weighted by molar-refractivity contribution is 9.28. The molecule has 0 unspecified atom stereocenters. The lowest BCUT2D eigenvalue weighted by molar-refractivity contribution is 0.882. The van der Waals surface area contributed by atoms with Crippen LogP contribution in [0.3, 0.4) is 0 Å². The summed E-state index contributed by atoms with van der Waals surface area (Å²) in [5.41, 5.74) is 2.26. The van der Waals surface area contributed by atoms with Crippen LogP contribution >= 0.6 is 31.9 Å². The number of aryl methyl sites for hydroxylation is 1. The summed E-state index contributed by atoms with van der Waals surface area (Å²) in [6, 6.07) is 4.14. The van der Waals surface area contributed by atoms with Crippen LogP contribution in [0.2, 0.25) is 0 Å². The van der Waals surface area contributed by atoms with Crippen LogP contribution in [0.4, 0.5) is 0 Å². The van der Waals surface area contributed by atoms with E-state index < -0.39 is 0 Å². The van der Waals surface area contributed by atoms with E-state index >= 15 is 0 Å². The van der Waals surface area contributed by atoms with Crippen molar-refractivity contribution in [2.75, 3.05) is 0 Å². The number of pyridine rings is 1. The monoisotopic (exact) mass is 303 g/mol. The smallest absolute Gasteiger partial charge is 0.0610 e. The molecule has 13 heavy (non-hydrogen) atoms. The summed E-state index contributed by atoms with van der Waals surface area (Å²) in [7, 11) is 0. The Kier molecular flexibility index (Phi) is 4.67. The Morgan fingerprint density at radius 1 is 1.46 bits per heavy atom. The number of hydrogen-bond donors (Lipinski definition) is 0. The van der Waals surface area contributed by atoms with Gasteiger partial charge in [-0.25, -0.2) is 0 Å². The summed E-state index contributed by atoms with van der Waals surface area (Å²) in [5.74, 6) is 0. The summed E-state index contributed by atoms with van der Waals surface area (Å²) in [5, 5.41) is 0. The van der Waals surface area contributed by atoms with Crippen molar-refractivity contribution in [1.29, 1.82) is 0 Å². The molecule has 0 aromatic carbocycles. The lowest BCUT2D eigenvalue weighted by Crippen LogP contribution is -1.87. The lowest BCUT2D eigenvalue weighted by atomic mass is 10.2. The molecule has 0 bridgehead atoms. The second-order valence-corrected chi connectivity index (χ2v) is 5.54. The summed E-state index contributed by atoms with van der Waals surface area (Å²) < 4.78 is 0.935. The van der Waals surface area contributed by atoms with Crippen LogP contribution < -0.4 is 0 Å². The van der Waals surface area contributed by atoms with Crippen molar-refractivity contribution in [2.45, 2.75) is 19.8 Å². The highest BCUT2D eigenvalue weighted by atomic mass is 79.9. The van der Waals surface area contributed by atoms with Gasteiger partial charge in [0.1, 0.15) is 0 Å². The van der Waals surface area contributed by atoms with Gasteiger partial charge in [-0.1, -0.05) is 19.4 Å². The zero-order chi connectivity index (χ0) is 9.68. The Morgan fingerprint density at radius 2 is 2.23 bits per heavy atom. The first-order valence-electron chi connectivity index (χ1n) is 4.20. The molecule has 0 spiro atoms. The molecule has 1 aromatic rings. The van der Waals surface area contributed by atoms with Crippen molar-refractivity contribution in [3.05, 3.63) is 33.0 Å². The van der Waals surface area contributed by atoms with Crippen LogP contribution in [0.25, 0.3) is 6.08 Å². The maximum absolute atomic E-state index is 4.34. The Morgan fingerprint density at radius 3 is 2.69 bits per heavy atom. The maximum atomic E-state index is 4.34. The average Bonchev–Trinajstić information content (AvgIpc) is 2.08. The normalized spacial score (nSPS) is 9.77. The van der Waals surface area contributed by atoms with E-state index in [0.717, 1.165) is 27.5 Å². The largest absolute Gasteiger partial charge is 0.261 e. The summed E-state index contributed by atoms with van der Waals surface area (Å²) in [6.07, 6.45) is 6.06. The lowest BCUT2D eigenvalue weighted by Gasteiger charge is -1.97. The van der Waals surface area contributed by atoms with Gasteiger partial charge >= 0.3 is 0 Å². The van der Waals surface area contributed by atoms with Crippen LogP contribution in [0, 0.1) is 0 Å². The summed E-state index contributed by atoms with van der Waals surface area (Å²) in [4.78, 5) is 4.34. The van der Waals surface area contributed by atoms with Crippen LogP contribution in [0.15, 0.2) is 21.7 Å². The molecule has 0 fully saturated rings. The molecule has 3 heteroatoms. The van der Waals surface area contributed by atoms with Gasteiger partial charge < -0.3 is 0 Å². The molecule has 0 saturated heterocycles. The van der Waals surface area contributed by atoms with Crippen molar-refractivity contribution in [2.24, 2.45) is 0 Å². The van der Waals surface area contributed by atoms with Gasteiger partial charge in [0.15, 0.2) is 0 Å². The van der Waals surface area contributed by atoms with E-state index in [1.54, 1.807) is 0 Å². The fourth-order valence-corrected chi connectivity index (χ4v) is 1.58. The van der Waals surface area contributed by atoms with Gasteiger partial charge in [-0.05, 0) is 56.0 Å². The molecule has 1 aromatic heterocycles. The molecule has 0 aliphatic rings. The highest BCUT2D eigenvalue weighted by Crippen LogP contribution is 2.17. The van der Waals surface area contributed by atoms with Gasteiger partial charge in [-0.15, -0.1) is 0 Å². The van der Waals surface area contributed by atoms with E-state index in [2.05, 4.69) is 55.9 Å². The highest BCUT2D eigenvalue weighted by Gasteiger charge is 1.93. The van der Waals surface area contributed by atoms with Crippen LogP contribution in [-0.4, -0.2) is 4.98 Å². The molecule has 0 amide bonds. The van der Waals surface area contributed by atoms with Crippen molar-refractivity contribution in [3.8, 4) is 0 Å². The minimum atomic E-state index is 0.935. The Balaban J connectivity index is 2.75. The van der Waals surface area contributed by atoms with Crippen LogP contribution in [-0.2, 0) is 6.42 Å². The Labute approximate surface area is 95.5 Å². The second-order valence-electron chi connectivity index (χ2n) is 2.77. The average molecular weight is 305 g/mol. The predicted molar refractivity (Wildman–Crippen MR) is 64.1 cm³/mol. The molecular formula is C10H11Br2N. The number of halogens is 2. The quantitative estimate of drug-likeness (QED) is 0.818. The third kappa shape index (κ3) is 4.05. The summed E-state index contributed by atoms with van der Waals surface area (Å²) >= 11 is 6.62. The molecule has 0 atom stereocenters. The predicted octanol–water partition coefficient (Wildman–Crippen LogP) is 4.12. The van der Waals surface area contributed by atoms with Gasteiger partial charge in [-0.2, -0.15) is 0 Å². The SMILES string of the molecule is CCCc1ccc(C=C(Br)Br)cn1. The van der Waals surface area contributed by atoms with Crippen LogP contribution in [0.5, 0.6) is 0 Å². The van der Waals surface area contributed by atoms with E-state index in [4.69, 9.17) is 0 Å². The molecule has 0 aliphatic heterocycles. The first-order valence-corrected chi connectivity index (χ1v) is 5.78. The molecule has 1 rings (SSSR count). The molecule has 0 aliphatic carbocycles. The molecule has 0 radical (unpaired) electrons. The van der Waals surface area contributed by atoms with E-state index in [1.807, 2.05) is 12.3 Å². The molecule has 1 nitrogen and oxygen atoms in total. The van der Waals surface area contributed by atoms with E-state index in [9.17, 15) is 0 Å². The fourth-order valence-electron chi connectivity index (χ4n) is 1.05. The first-order chi connectivity index (χ1) is 6.22. The number of hydrogen-bond acceptors (Lipinski definition) is 1. The standard InChI is InChI=1S/C10H11Br2N/c1-2-3-9-5-4-8(7-13-9)6-10(11)12/h4-7H,2-3H2,1H3. The second kappa shape index (κ2) is 5.55. The number of aromatic nitrogens is 1. The van der Waals surface area contributed by atoms with Crippen molar-refractivity contribution >= 4 is 37.9 Å². The zero-order valence-corrected chi connectivity index (χ0v) is 10.6. The third-order valence-electron chi connectivity index (χ3n) is 1.63. The third-order valence-corrected chi connectivity index (χ3v) is 2.09. The minimum absolute atomic E-state index is 0.935. The Hall–Kier alpha value is -0.150. The summed E-state index contributed by atoms with van der Waals surface area (Å²) in [6.45, 7) is 2.16. The van der Waals surface area contributed by atoms with Gasteiger partial charge in [0.2, 0.25) is 0 Å². The molecule has 70 valence electrons. The Bertz CT molecular complexity index is 286. The molecule has 0 N–H and O–H groups in total. The zero-order valence-electron chi connectivity index (χ0n) is 7.43. The first kappa shape index (κ1) is 10.9. The minimum Gasteiger partial charge on any atom is -0.261 e. The van der Waals surface area contributed by atoms with Gasteiger partial charge in [-0.3, -0.25) is 4.98 Å². The van der Waals surface area contributed by atoms with Crippen molar-refractivity contribution < 1.29 is 0 Å². The molecular weight excluding hydrogens is 294 g/mol. The number of rotatable bonds is 3. The van der Waals surface area contributed by atoms with Gasteiger partial charge in [0.05, 0.1) is 3.39 Å². The number of nitrogens with zero attached hydrogens (tertiary/aromatic N) is 1. The van der Waals surface area contributed by atoms with E-state index in [0.29, 0.717) is 0 Å². The van der Waals surface area contributed by atoms with E-state index in [1.165, 1.54) is 0 Å². The molecule has 1 heterocycles. The van der Waals surface area contributed by atoms with Crippen LogP contribution in [0.1, 0.15) is 24.6 Å².